The lowest BCUT2D eigenvalue weighted by Crippen LogP contribution is -2.12. The van der Waals surface area contributed by atoms with Crippen LogP contribution in [0.3, 0.4) is 0 Å². The van der Waals surface area contributed by atoms with Gasteiger partial charge in [-0.2, -0.15) is 0 Å². The summed E-state index contributed by atoms with van der Waals surface area (Å²) in [7, 11) is 0. The maximum atomic E-state index is 6.20. The molecule has 2 saturated carbocycles. The van der Waals surface area contributed by atoms with Gasteiger partial charge >= 0.3 is 0 Å². The smallest absolute Gasteiger partial charge is 0.0438 e. The lowest BCUT2D eigenvalue weighted by molar-refractivity contribution is 0.314. The van der Waals surface area contributed by atoms with Gasteiger partial charge in [0.2, 0.25) is 0 Å². The minimum atomic E-state index is 0.493. The Balaban J connectivity index is 1.73. The number of benzene rings is 1. The van der Waals surface area contributed by atoms with E-state index in [2.05, 4.69) is 41.9 Å². The molecule has 3 rings (SSSR count). The van der Waals surface area contributed by atoms with Crippen LogP contribution >= 0.6 is 27.5 Å². The van der Waals surface area contributed by atoms with Gasteiger partial charge in [0.05, 0.1) is 0 Å². The van der Waals surface area contributed by atoms with E-state index in [1.54, 1.807) is 0 Å². The van der Waals surface area contributed by atoms with Crippen molar-refractivity contribution in [3.63, 3.8) is 0 Å². The van der Waals surface area contributed by atoms with Crippen LogP contribution in [0.1, 0.15) is 53.6 Å². The second-order valence-corrected chi connectivity index (χ2v) is 8.11. The molecule has 2 aliphatic carbocycles. The van der Waals surface area contributed by atoms with Gasteiger partial charge in [0.15, 0.2) is 0 Å². The third kappa shape index (κ3) is 2.74. The van der Waals surface area contributed by atoms with E-state index in [1.807, 2.05) is 0 Å². The van der Waals surface area contributed by atoms with Gasteiger partial charge < -0.3 is 0 Å². The fraction of sp³-hybridized carbons (Fsp3) is 0.647. The van der Waals surface area contributed by atoms with Crippen LogP contribution in [-0.4, -0.2) is 0 Å². The van der Waals surface area contributed by atoms with Crippen LogP contribution in [0.2, 0.25) is 5.02 Å². The van der Waals surface area contributed by atoms with Crippen molar-refractivity contribution in [1.29, 1.82) is 0 Å². The number of rotatable bonds is 3. The molecule has 2 fully saturated rings. The van der Waals surface area contributed by atoms with E-state index >= 15 is 0 Å². The Morgan fingerprint density at radius 2 is 2.00 bits per heavy atom. The van der Waals surface area contributed by atoms with E-state index in [-0.39, 0.29) is 0 Å². The first-order valence-corrected chi connectivity index (χ1v) is 8.74. The fourth-order valence-electron chi connectivity index (χ4n) is 4.20. The quantitative estimate of drug-likeness (QED) is 0.572. The molecule has 2 aliphatic rings. The van der Waals surface area contributed by atoms with Crippen LogP contribution in [0.5, 0.6) is 0 Å². The van der Waals surface area contributed by atoms with Gasteiger partial charge in [-0.05, 0) is 80.0 Å². The van der Waals surface area contributed by atoms with E-state index < -0.39 is 0 Å². The summed E-state index contributed by atoms with van der Waals surface area (Å²) in [6, 6.07) is 4.38. The summed E-state index contributed by atoms with van der Waals surface area (Å²) < 4.78 is 0. The zero-order valence-corrected chi connectivity index (χ0v) is 14.1. The predicted molar refractivity (Wildman–Crippen MR) is 86.1 cm³/mol. The molecule has 0 radical (unpaired) electrons. The lowest BCUT2D eigenvalue weighted by atomic mass is 9.84. The van der Waals surface area contributed by atoms with E-state index in [0.717, 1.165) is 22.8 Å². The van der Waals surface area contributed by atoms with Crippen molar-refractivity contribution < 1.29 is 0 Å². The number of alkyl halides is 1. The van der Waals surface area contributed by atoms with Gasteiger partial charge in [0.1, 0.15) is 0 Å². The highest BCUT2D eigenvalue weighted by Crippen LogP contribution is 2.52. The van der Waals surface area contributed by atoms with Crippen molar-refractivity contribution in [3.05, 3.63) is 33.8 Å². The van der Waals surface area contributed by atoms with Gasteiger partial charge in [-0.15, -0.1) is 0 Å². The van der Waals surface area contributed by atoms with Gasteiger partial charge in [0, 0.05) is 9.85 Å². The second-order valence-electron chi connectivity index (χ2n) is 6.60. The summed E-state index contributed by atoms with van der Waals surface area (Å²) in [5.74, 6) is 3.00. The number of fused-ring (bicyclic) bond motifs is 2. The van der Waals surface area contributed by atoms with Crippen molar-refractivity contribution in [2.45, 2.75) is 50.8 Å². The average Bonchev–Trinajstić information content (AvgIpc) is 2.95. The zero-order chi connectivity index (χ0) is 13.6. The van der Waals surface area contributed by atoms with Crippen LogP contribution in [0, 0.1) is 31.6 Å². The Morgan fingerprint density at radius 3 is 2.63 bits per heavy atom. The molecule has 0 nitrogen and oxygen atoms in total. The maximum absolute atomic E-state index is 6.20. The fourth-order valence-corrected chi connectivity index (χ4v) is 5.39. The molecule has 19 heavy (non-hydrogen) atoms. The molecule has 0 amide bonds. The monoisotopic (exact) mass is 340 g/mol. The molecule has 0 aromatic heterocycles. The SMILES string of the molecule is Cc1cc(C(Br)CC2CC3CCC2C3)c(C)cc1Cl. The lowest BCUT2D eigenvalue weighted by Gasteiger charge is -2.25. The number of hydrogen-bond donors (Lipinski definition) is 0. The first-order chi connectivity index (χ1) is 9.04. The van der Waals surface area contributed by atoms with Gasteiger partial charge in [-0.25, -0.2) is 0 Å². The molecule has 1 aromatic rings. The summed E-state index contributed by atoms with van der Waals surface area (Å²) in [6.45, 7) is 4.28. The van der Waals surface area contributed by atoms with Crippen LogP contribution in [0.4, 0.5) is 0 Å². The van der Waals surface area contributed by atoms with Crippen molar-refractivity contribution in [3.8, 4) is 0 Å². The van der Waals surface area contributed by atoms with Crippen LogP contribution in [-0.2, 0) is 0 Å². The van der Waals surface area contributed by atoms with Gasteiger partial charge in [-0.1, -0.05) is 40.0 Å². The van der Waals surface area contributed by atoms with Crippen molar-refractivity contribution >= 4 is 27.5 Å². The zero-order valence-electron chi connectivity index (χ0n) is 11.8. The highest BCUT2D eigenvalue weighted by atomic mass is 79.9. The first kappa shape index (κ1) is 13.9. The largest absolute Gasteiger partial charge is 0.0840 e. The minimum Gasteiger partial charge on any atom is -0.0840 e. The topological polar surface area (TPSA) is 0 Å². The minimum absolute atomic E-state index is 0.493. The second kappa shape index (κ2) is 5.41. The Labute approximate surface area is 130 Å². The predicted octanol–water partition coefficient (Wildman–Crippen LogP) is 6.22. The molecule has 0 saturated heterocycles. The van der Waals surface area contributed by atoms with Crippen LogP contribution in [0.25, 0.3) is 0 Å². The molecule has 0 N–H and O–H groups in total. The number of hydrogen-bond acceptors (Lipinski definition) is 0. The molecule has 1 aromatic carbocycles. The summed E-state index contributed by atoms with van der Waals surface area (Å²) in [5.41, 5.74) is 3.95. The molecule has 0 heterocycles. The van der Waals surface area contributed by atoms with E-state index in [0.29, 0.717) is 4.83 Å². The maximum Gasteiger partial charge on any atom is 0.0438 e. The Morgan fingerprint density at radius 1 is 1.21 bits per heavy atom. The Bertz CT molecular complexity index is 482. The van der Waals surface area contributed by atoms with Gasteiger partial charge in [0.25, 0.3) is 0 Å². The summed E-state index contributed by atoms with van der Waals surface area (Å²) in [4.78, 5) is 0.493. The van der Waals surface area contributed by atoms with Gasteiger partial charge in [-0.3, -0.25) is 0 Å². The summed E-state index contributed by atoms with van der Waals surface area (Å²) in [5, 5.41) is 0.890. The average molecular weight is 342 g/mol. The highest BCUT2D eigenvalue weighted by molar-refractivity contribution is 9.09. The molecule has 0 aliphatic heterocycles. The summed E-state index contributed by atoms with van der Waals surface area (Å²) in [6.07, 6.45) is 7.24. The van der Waals surface area contributed by atoms with Crippen molar-refractivity contribution in [2.75, 3.05) is 0 Å². The number of aryl methyl sites for hydroxylation is 2. The Kier molecular flexibility index (Phi) is 3.97. The van der Waals surface area contributed by atoms with Crippen LogP contribution < -0.4 is 0 Å². The van der Waals surface area contributed by atoms with Crippen LogP contribution in [0.15, 0.2) is 12.1 Å². The molecule has 0 spiro atoms. The molecule has 4 unspecified atom stereocenters. The molecule has 2 heteroatoms. The third-order valence-corrected chi connectivity index (χ3v) is 6.55. The van der Waals surface area contributed by atoms with E-state index in [4.69, 9.17) is 11.6 Å². The third-order valence-electron chi connectivity index (χ3n) is 5.28. The molecule has 2 bridgehead atoms. The number of halogens is 2. The standard InChI is InChI=1S/C17H22BrCl/c1-10-6-17(19)11(2)5-15(10)16(18)9-14-8-12-3-4-13(14)7-12/h5-6,12-14,16H,3-4,7-9H2,1-2H3. The van der Waals surface area contributed by atoms with Crippen molar-refractivity contribution in [1.82, 2.24) is 0 Å². The molecular formula is C17H22BrCl. The van der Waals surface area contributed by atoms with E-state index in [9.17, 15) is 0 Å². The normalized spacial score (nSPS) is 30.8. The molecular weight excluding hydrogens is 320 g/mol. The van der Waals surface area contributed by atoms with E-state index in [1.165, 1.54) is 48.8 Å². The Hall–Kier alpha value is -0.0100. The highest BCUT2D eigenvalue weighted by Gasteiger charge is 2.40. The molecule has 104 valence electrons. The molecule has 4 atom stereocenters. The summed E-state index contributed by atoms with van der Waals surface area (Å²) >= 11 is 10.1. The first-order valence-electron chi connectivity index (χ1n) is 7.45. The van der Waals surface area contributed by atoms with Crippen molar-refractivity contribution in [2.24, 2.45) is 17.8 Å².